The van der Waals surface area contributed by atoms with Crippen molar-refractivity contribution in [3.63, 3.8) is 0 Å². The first-order valence-corrected chi connectivity index (χ1v) is 18.6. The summed E-state index contributed by atoms with van der Waals surface area (Å²) in [5, 5.41) is 7.35. The Morgan fingerprint density at radius 2 is 0.846 bits per heavy atom. The van der Waals surface area contributed by atoms with Crippen molar-refractivity contribution in [2.75, 3.05) is 0 Å². The summed E-state index contributed by atoms with van der Waals surface area (Å²) in [6.45, 7) is 0. The second kappa shape index (κ2) is 11.6. The Bertz CT molecular complexity index is 3030. The maximum absolute atomic E-state index is 6.87. The highest BCUT2D eigenvalue weighted by Gasteiger charge is 2.25. The first kappa shape index (κ1) is 29.4. The lowest BCUT2D eigenvalue weighted by Crippen LogP contribution is -1.95. The Labute approximate surface area is 305 Å². The van der Waals surface area contributed by atoms with Gasteiger partial charge in [0.05, 0.1) is 0 Å². The molecule has 52 heavy (non-hydrogen) atoms. The Hall–Kier alpha value is -6.35. The van der Waals surface area contributed by atoms with Crippen LogP contribution in [0.5, 0.6) is 0 Å². The standard InChI is InChI=1S/C50H30OS/c1-3-14-31(15-4-1)33-18-7-9-20-35(33)38-26-27-41-43-29-45-44(30-48(43)52-47-25-13-24-40(38)50(41)47)49-39-23-12-11-22-37(39)42(28-46(49)51-45)36-21-10-8-19-34(36)32-16-5-2-6-17-32/h1-30H. The quantitative estimate of drug-likeness (QED) is 0.184. The van der Waals surface area contributed by atoms with E-state index in [1.165, 1.54) is 92.4 Å². The molecule has 1 aromatic heterocycles. The highest BCUT2D eigenvalue weighted by atomic mass is 32.2. The summed E-state index contributed by atoms with van der Waals surface area (Å²) < 4.78 is 6.87. The lowest BCUT2D eigenvalue weighted by molar-refractivity contribution is 0.669. The van der Waals surface area contributed by atoms with E-state index in [1.54, 1.807) is 0 Å². The van der Waals surface area contributed by atoms with Crippen LogP contribution in [0.3, 0.4) is 0 Å². The molecule has 10 aromatic rings. The van der Waals surface area contributed by atoms with E-state index in [9.17, 15) is 0 Å². The van der Waals surface area contributed by atoms with E-state index in [2.05, 4.69) is 182 Å². The minimum atomic E-state index is 0.912. The molecule has 0 N–H and O–H groups in total. The van der Waals surface area contributed by atoms with E-state index in [-0.39, 0.29) is 0 Å². The van der Waals surface area contributed by atoms with Crippen molar-refractivity contribution < 1.29 is 4.42 Å². The number of hydrogen-bond acceptors (Lipinski definition) is 2. The molecule has 9 aromatic carbocycles. The van der Waals surface area contributed by atoms with Crippen LogP contribution in [0.25, 0.3) is 99.1 Å². The monoisotopic (exact) mass is 678 g/mol. The number of hydrogen-bond donors (Lipinski definition) is 0. The van der Waals surface area contributed by atoms with Gasteiger partial charge in [0.2, 0.25) is 0 Å². The molecule has 1 nitrogen and oxygen atoms in total. The van der Waals surface area contributed by atoms with Crippen molar-refractivity contribution in [1.82, 2.24) is 0 Å². The van der Waals surface area contributed by atoms with Gasteiger partial charge in [0, 0.05) is 31.5 Å². The van der Waals surface area contributed by atoms with E-state index < -0.39 is 0 Å². The van der Waals surface area contributed by atoms with Crippen LogP contribution in [0.2, 0.25) is 0 Å². The van der Waals surface area contributed by atoms with Crippen molar-refractivity contribution in [2.24, 2.45) is 0 Å². The van der Waals surface area contributed by atoms with Gasteiger partial charge in [-0.1, -0.05) is 169 Å². The third-order valence-corrected chi connectivity index (χ3v) is 11.8. The summed E-state index contributed by atoms with van der Waals surface area (Å²) >= 11 is 1.87. The summed E-state index contributed by atoms with van der Waals surface area (Å²) in [5.41, 5.74) is 14.1. The van der Waals surface area contributed by atoms with E-state index >= 15 is 0 Å². The van der Waals surface area contributed by atoms with Gasteiger partial charge in [-0.15, -0.1) is 0 Å². The molecule has 0 amide bonds. The fourth-order valence-corrected chi connectivity index (χ4v) is 9.56. The zero-order valence-electron chi connectivity index (χ0n) is 28.1. The first-order valence-electron chi connectivity index (χ1n) is 17.8. The van der Waals surface area contributed by atoms with Crippen LogP contribution in [0.4, 0.5) is 0 Å². The van der Waals surface area contributed by atoms with Crippen molar-refractivity contribution in [3.8, 4) is 55.6 Å². The molecule has 0 spiro atoms. The molecule has 242 valence electrons. The predicted octanol–water partition coefficient (Wildman–Crippen LogP) is 14.7. The van der Waals surface area contributed by atoms with E-state index in [1.807, 2.05) is 11.8 Å². The van der Waals surface area contributed by atoms with Crippen molar-refractivity contribution in [3.05, 3.63) is 182 Å². The van der Waals surface area contributed by atoms with Crippen LogP contribution in [0.15, 0.2) is 196 Å². The number of rotatable bonds is 4. The van der Waals surface area contributed by atoms with Gasteiger partial charge in [0.25, 0.3) is 0 Å². The molecule has 0 aliphatic carbocycles. The highest BCUT2D eigenvalue weighted by Crippen LogP contribution is 2.53. The molecule has 0 fully saturated rings. The van der Waals surface area contributed by atoms with Gasteiger partial charge in [0.1, 0.15) is 11.2 Å². The zero-order valence-corrected chi connectivity index (χ0v) is 29.0. The first-order chi connectivity index (χ1) is 25.8. The SMILES string of the molecule is c1ccc(-c2ccccc2-c2ccc3c4c(cccc24)Sc2cc4c(cc2-3)oc2cc(-c3ccccc3-c3ccccc3)c3ccccc3c24)cc1. The molecular weight excluding hydrogens is 649 g/mol. The maximum Gasteiger partial charge on any atom is 0.136 e. The van der Waals surface area contributed by atoms with E-state index in [4.69, 9.17) is 4.42 Å². The Kier molecular flexibility index (Phi) is 6.55. The summed E-state index contributed by atoms with van der Waals surface area (Å²) in [5.74, 6) is 0. The summed E-state index contributed by atoms with van der Waals surface area (Å²) in [6, 6.07) is 66.0. The van der Waals surface area contributed by atoms with Gasteiger partial charge < -0.3 is 4.42 Å². The Morgan fingerprint density at radius 3 is 1.56 bits per heavy atom. The van der Waals surface area contributed by atoms with Crippen LogP contribution in [0.1, 0.15) is 0 Å². The highest BCUT2D eigenvalue weighted by molar-refractivity contribution is 7.99. The molecule has 1 aliphatic rings. The Balaban J connectivity index is 1.12. The van der Waals surface area contributed by atoms with E-state index in [0.29, 0.717) is 0 Å². The number of fused-ring (bicyclic) bond motifs is 7. The lowest BCUT2D eigenvalue weighted by Gasteiger charge is -2.22. The summed E-state index contributed by atoms with van der Waals surface area (Å²) in [4.78, 5) is 2.55. The van der Waals surface area contributed by atoms with Crippen molar-refractivity contribution in [1.29, 1.82) is 0 Å². The van der Waals surface area contributed by atoms with Gasteiger partial charge in [-0.3, -0.25) is 0 Å². The summed E-state index contributed by atoms with van der Waals surface area (Å²) in [6.07, 6.45) is 0. The molecule has 0 saturated heterocycles. The average molecular weight is 679 g/mol. The second-order valence-corrected chi connectivity index (χ2v) is 14.6. The normalized spacial score (nSPS) is 12.2. The van der Waals surface area contributed by atoms with Crippen molar-refractivity contribution >= 4 is 55.2 Å². The molecule has 0 saturated carbocycles. The van der Waals surface area contributed by atoms with Gasteiger partial charge in [-0.05, 0) is 90.5 Å². The molecule has 0 atom stereocenters. The topological polar surface area (TPSA) is 13.1 Å². The second-order valence-electron chi connectivity index (χ2n) is 13.6. The molecule has 2 heterocycles. The molecular formula is C50H30OS. The number of furan rings is 1. The van der Waals surface area contributed by atoms with Gasteiger partial charge in [0.15, 0.2) is 0 Å². The van der Waals surface area contributed by atoms with Gasteiger partial charge in [-0.2, -0.15) is 0 Å². The molecule has 0 unspecified atom stereocenters. The Morgan fingerprint density at radius 1 is 0.288 bits per heavy atom. The molecule has 1 aliphatic heterocycles. The zero-order chi connectivity index (χ0) is 34.2. The van der Waals surface area contributed by atoms with Gasteiger partial charge >= 0.3 is 0 Å². The fraction of sp³-hybridized carbons (Fsp3) is 0. The smallest absolute Gasteiger partial charge is 0.136 e. The molecule has 0 radical (unpaired) electrons. The van der Waals surface area contributed by atoms with Crippen LogP contribution in [-0.4, -0.2) is 0 Å². The minimum Gasteiger partial charge on any atom is -0.456 e. The van der Waals surface area contributed by atoms with Crippen LogP contribution in [-0.2, 0) is 0 Å². The molecule has 11 rings (SSSR count). The fourth-order valence-electron chi connectivity index (χ4n) is 8.39. The third kappa shape index (κ3) is 4.45. The van der Waals surface area contributed by atoms with Crippen LogP contribution in [0, 0.1) is 0 Å². The van der Waals surface area contributed by atoms with E-state index in [0.717, 1.165) is 16.6 Å². The van der Waals surface area contributed by atoms with Crippen LogP contribution < -0.4 is 0 Å². The minimum absolute atomic E-state index is 0.912. The number of benzene rings is 9. The molecule has 2 heteroatoms. The van der Waals surface area contributed by atoms with Gasteiger partial charge in [-0.25, -0.2) is 0 Å². The summed E-state index contributed by atoms with van der Waals surface area (Å²) in [7, 11) is 0. The van der Waals surface area contributed by atoms with Crippen LogP contribution >= 0.6 is 11.8 Å². The van der Waals surface area contributed by atoms with Crippen molar-refractivity contribution in [2.45, 2.75) is 9.79 Å². The third-order valence-electron chi connectivity index (χ3n) is 10.7. The molecule has 0 bridgehead atoms. The average Bonchev–Trinajstić information content (AvgIpc) is 3.58. The predicted molar refractivity (Wildman–Crippen MR) is 220 cm³/mol. The lowest BCUT2D eigenvalue weighted by atomic mass is 9.88. The maximum atomic E-state index is 6.87. The largest absolute Gasteiger partial charge is 0.456 e.